The van der Waals surface area contributed by atoms with Gasteiger partial charge in [0.1, 0.15) is 31.0 Å². The molecule has 3 fully saturated rings. The summed E-state index contributed by atoms with van der Waals surface area (Å²) in [6, 6.07) is 5.58. The fourth-order valence-electron chi connectivity index (χ4n) is 5.77. The third-order valence-electron chi connectivity index (χ3n) is 8.16. The van der Waals surface area contributed by atoms with Gasteiger partial charge in [-0.1, -0.05) is 18.2 Å². The summed E-state index contributed by atoms with van der Waals surface area (Å²) in [7, 11) is 0. The van der Waals surface area contributed by atoms with Gasteiger partial charge in [-0.15, -0.1) is 0 Å². The molecule has 1 aliphatic heterocycles. The fourth-order valence-corrected chi connectivity index (χ4v) is 5.77. The van der Waals surface area contributed by atoms with Gasteiger partial charge in [-0.3, -0.25) is 9.59 Å². The molecule has 1 aromatic rings. The second-order valence-corrected chi connectivity index (χ2v) is 11.5. The van der Waals surface area contributed by atoms with Gasteiger partial charge >= 0.3 is 5.97 Å². The molecule has 0 radical (unpaired) electrons. The minimum Gasteiger partial charge on any atom is -0.499 e. The number of rotatable bonds is 14. The van der Waals surface area contributed by atoms with E-state index in [0.717, 1.165) is 25.7 Å². The average Bonchev–Trinajstić information content (AvgIpc) is 3.94. The van der Waals surface area contributed by atoms with Crippen molar-refractivity contribution in [2.75, 3.05) is 26.4 Å². The first-order valence-corrected chi connectivity index (χ1v) is 14.9. The third-order valence-corrected chi connectivity index (χ3v) is 8.16. The average molecular weight is 601 g/mol. The number of aliphatic hydroxyl groups is 3. The van der Waals surface area contributed by atoms with Crippen LogP contribution in [-0.2, 0) is 28.5 Å². The van der Waals surface area contributed by atoms with Crippen molar-refractivity contribution in [2.24, 2.45) is 11.8 Å². The summed E-state index contributed by atoms with van der Waals surface area (Å²) in [6.07, 6.45) is 5.27. The summed E-state index contributed by atoms with van der Waals surface area (Å²) in [5, 5.41) is 33.2. The van der Waals surface area contributed by atoms with Crippen LogP contribution in [0.4, 0.5) is 0 Å². The number of carbonyl (C=O) groups is 3. The van der Waals surface area contributed by atoms with Crippen LogP contribution in [0.1, 0.15) is 54.9 Å². The lowest BCUT2D eigenvalue weighted by Gasteiger charge is -2.31. The van der Waals surface area contributed by atoms with Gasteiger partial charge in [-0.25, -0.2) is 4.79 Å². The molecule has 43 heavy (non-hydrogen) atoms. The van der Waals surface area contributed by atoms with E-state index in [1.54, 1.807) is 36.4 Å². The molecule has 0 bridgehead atoms. The summed E-state index contributed by atoms with van der Waals surface area (Å²) in [5.74, 6) is -2.15. The van der Waals surface area contributed by atoms with Gasteiger partial charge in [0.15, 0.2) is 5.79 Å². The molecule has 5 rings (SSSR count). The van der Waals surface area contributed by atoms with E-state index in [2.05, 4.69) is 10.6 Å². The second-order valence-electron chi connectivity index (χ2n) is 11.5. The molecule has 4 aliphatic rings. The first-order valence-electron chi connectivity index (χ1n) is 14.9. The number of esters is 1. The normalized spacial score (nSPS) is 25.8. The molecule has 0 spiro atoms. The number of carbonyl (C=O) groups excluding carboxylic acids is 3. The standard InChI is InChI=1S/C31H40N2O10/c1-18(36)26(29(38)32-11-12-34)33-28(37)20-16-24(27-25(17-20)42-31(43-27,21-6-7-21)22-8-9-22)41-30(39)23-5-3-2-4-19(23)10-14-40-15-13-35/h2-5,10,14,17-18,21-22,24-27,34-36H,6-9,11-13,15-16H2,1H3,(H,32,38)(H,33,37). The van der Waals surface area contributed by atoms with Crippen LogP contribution in [0.3, 0.4) is 0 Å². The summed E-state index contributed by atoms with van der Waals surface area (Å²) in [5.41, 5.74) is 1.08. The Labute approximate surface area is 250 Å². The predicted molar refractivity (Wildman–Crippen MR) is 152 cm³/mol. The van der Waals surface area contributed by atoms with Gasteiger partial charge in [-0.2, -0.15) is 0 Å². The second kappa shape index (κ2) is 13.6. The largest absolute Gasteiger partial charge is 0.499 e. The van der Waals surface area contributed by atoms with Gasteiger partial charge in [0, 0.05) is 30.4 Å². The van der Waals surface area contributed by atoms with Crippen molar-refractivity contribution in [2.45, 2.75) is 75.3 Å². The number of fused-ring (bicyclic) bond motifs is 1. The molecular formula is C31H40N2O10. The highest BCUT2D eigenvalue weighted by Crippen LogP contribution is 2.59. The first-order chi connectivity index (χ1) is 20.8. The Morgan fingerprint density at radius 2 is 1.81 bits per heavy atom. The van der Waals surface area contributed by atoms with Crippen molar-refractivity contribution >= 4 is 23.9 Å². The third kappa shape index (κ3) is 7.10. The molecule has 0 aromatic heterocycles. The molecule has 1 saturated heterocycles. The zero-order valence-corrected chi connectivity index (χ0v) is 24.1. The smallest absolute Gasteiger partial charge is 0.339 e. The zero-order valence-electron chi connectivity index (χ0n) is 24.1. The van der Waals surface area contributed by atoms with Crippen molar-refractivity contribution in [1.29, 1.82) is 0 Å². The van der Waals surface area contributed by atoms with E-state index >= 15 is 0 Å². The lowest BCUT2D eigenvalue weighted by Crippen LogP contribution is -2.54. The molecule has 234 valence electrons. The molecule has 12 nitrogen and oxygen atoms in total. The van der Waals surface area contributed by atoms with Gasteiger partial charge < -0.3 is 44.9 Å². The van der Waals surface area contributed by atoms with Crippen LogP contribution in [0.5, 0.6) is 0 Å². The molecule has 1 heterocycles. The van der Waals surface area contributed by atoms with Gasteiger partial charge in [0.2, 0.25) is 11.8 Å². The Balaban J connectivity index is 1.38. The summed E-state index contributed by atoms with van der Waals surface area (Å²) < 4.78 is 24.5. The molecule has 3 aliphatic carbocycles. The van der Waals surface area contributed by atoms with E-state index in [1.807, 2.05) is 0 Å². The topological polar surface area (TPSA) is 173 Å². The van der Waals surface area contributed by atoms with Crippen molar-refractivity contribution < 1.29 is 48.7 Å². The minimum atomic E-state index is -1.26. The SMILES string of the molecule is CC(O)C(NC(=O)C1=CC2OC(C3CC3)(C3CC3)OC2C(OC(=O)c2ccccc2C=COCCO)C1)C(=O)NCCO. The van der Waals surface area contributed by atoms with Crippen LogP contribution < -0.4 is 10.6 Å². The van der Waals surface area contributed by atoms with E-state index in [1.165, 1.54) is 13.2 Å². The molecular weight excluding hydrogens is 560 g/mol. The van der Waals surface area contributed by atoms with Crippen molar-refractivity contribution in [3.05, 3.63) is 53.3 Å². The first kappa shape index (κ1) is 31.1. The maximum absolute atomic E-state index is 13.5. The number of hydrogen-bond acceptors (Lipinski definition) is 10. The van der Waals surface area contributed by atoms with Crippen molar-refractivity contribution in [3.8, 4) is 0 Å². The number of benzene rings is 1. The Kier molecular flexibility index (Phi) is 9.82. The molecule has 5 atom stereocenters. The Morgan fingerprint density at radius 3 is 2.47 bits per heavy atom. The highest BCUT2D eigenvalue weighted by atomic mass is 16.8. The van der Waals surface area contributed by atoms with E-state index in [4.69, 9.17) is 29.2 Å². The maximum atomic E-state index is 13.5. The zero-order chi connectivity index (χ0) is 30.6. The fraction of sp³-hybridized carbons (Fsp3) is 0.581. The molecule has 2 amide bonds. The van der Waals surface area contributed by atoms with Crippen LogP contribution in [0.25, 0.3) is 6.08 Å². The molecule has 1 aromatic carbocycles. The molecule has 5 N–H and O–H groups in total. The van der Waals surface area contributed by atoms with Crippen LogP contribution in [0, 0.1) is 11.8 Å². The highest BCUT2D eigenvalue weighted by molar-refractivity contribution is 5.98. The number of ether oxygens (including phenoxy) is 4. The van der Waals surface area contributed by atoms with Gasteiger partial charge in [-0.05, 0) is 56.4 Å². The lowest BCUT2D eigenvalue weighted by molar-refractivity contribution is -0.209. The Bertz CT molecular complexity index is 1230. The Hall–Kier alpha value is -3.29. The van der Waals surface area contributed by atoms with E-state index in [9.17, 15) is 19.5 Å². The minimum absolute atomic E-state index is 0.00984. The summed E-state index contributed by atoms with van der Waals surface area (Å²) in [4.78, 5) is 39.5. The maximum Gasteiger partial charge on any atom is 0.339 e. The quantitative estimate of drug-likeness (QED) is 0.117. The van der Waals surface area contributed by atoms with Crippen molar-refractivity contribution in [3.63, 3.8) is 0 Å². The van der Waals surface area contributed by atoms with Gasteiger partial charge in [0.25, 0.3) is 0 Å². The molecule has 5 unspecified atom stereocenters. The van der Waals surface area contributed by atoms with Crippen LogP contribution in [-0.4, -0.2) is 95.7 Å². The number of aliphatic hydroxyl groups excluding tert-OH is 3. The number of hydrogen-bond donors (Lipinski definition) is 5. The predicted octanol–water partition coefficient (Wildman–Crippen LogP) is 0.796. The number of nitrogens with one attached hydrogen (secondary N) is 2. The van der Waals surface area contributed by atoms with E-state index < -0.39 is 54.0 Å². The monoisotopic (exact) mass is 600 g/mol. The van der Waals surface area contributed by atoms with Crippen molar-refractivity contribution in [1.82, 2.24) is 10.6 Å². The number of amides is 2. The molecule has 12 heteroatoms. The molecule has 2 saturated carbocycles. The van der Waals surface area contributed by atoms with E-state index in [0.29, 0.717) is 5.56 Å². The van der Waals surface area contributed by atoms with E-state index in [-0.39, 0.29) is 55.8 Å². The van der Waals surface area contributed by atoms with Crippen LogP contribution in [0.15, 0.2) is 42.2 Å². The van der Waals surface area contributed by atoms with Crippen LogP contribution >= 0.6 is 0 Å². The summed E-state index contributed by atoms with van der Waals surface area (Å²) >= 11 is 0. The highest BCUT2D eigenvalue weighted by Gasteiger charge is 2.64. The van der Waals surface area contributed by atoms with Gasteiger partial charge in [0.05, 0.1) is 31.1 Å². The Morgan fingerprint density at radius 1 is 1.09 bits per heavy atom. The van der Waals surface area contributed by atoms with Crippen LogP contribution in [0.2, 0.25) is 0 Å². The lowest BCUT2D eigenvalue weighted by atomic mass is 9.91. The summed E-state index contributed by atoms with van der Waals surface area (Å²) in [6.45, 7) is 1.04.